The van der Waals surface area contributed by atoms with Crippen LogP contribution in [-0.2, 0) is 6.42 Å². The fourth-order valence-electron chi connectivity index (χ4n) is 2.41. The predicted octanol–water partition coefficient (Wildman–Crippen LogP) is 4.34. The zero-order chi connectivity index (χ0) is 14.7. The van der Waals surface area contributed by atoms with E-state index in [1.165, 1.54) is 10.3 Å². The maximum Gasteiger partial charge on any atom is 0.183 e. The first-order chi connectivity index (χ1) is 10.3. The lowest BCUT2D eigenvalue weighted by Gasteiger charge is -1.94. The second-order valence-electron chi connectivity index (χ2n) is 4.87. The molecule has 1 aliphatic rings. The molecule has 1 aromatic heterocycles. The highest BCUT2D eigenvalue weighted by Gasteiger charge is 2.13. The summed E-state index contributed by atoms with van der Waals surface area (Å²) in [6.45, 7) is 0. The molecule has 3 aromatic rings. The number of hydrogen-bond donors (Lipinski definition) is 2. The van der Waals surface area contributed by atoms with Gasteiger partial charge in [-0.15, -0.1) is 0 Å². The molecule has 4 rings (SSSR count). The maximum atomic E-state index is 7.53. The first kappa shape index (κ1) is 13.8. The lowest BCUT2D eigenvalue weighted by atomic mass is 10.1. The predicted molar refractivity (Wildman–Crippen MR) is 90.8 cm³/mol. The molecule has 106 valence electrons. The van der Waals surface area contributed by atoms with Crippen molar-refractivity contribution in [1.82, 2.24) is 4.98 Å². The normalized spacial score (nSPS) is 12.7. The molecule has 0 spiro atoms. The van der Waals surface area contributed by atoms with Crippen LogP contribution in [0.15, 0.2) is 48.5 Å². The van der Waals surface area contributed by atoms with E-state index < -0.39 is 0 Å². The molecule has 0 saturated carbocycles. The minimum absolute atomic E-state index is 0.801. The Morgan fingerprint density at radius 1 is 1.05 bits per heavy atom. The van der Waals surface area contributed by atoms with Crippen LogP contribution in [0.2, 0.25) is 0 Å². The summed E-state index contributed by atoms with van der Waals surface area (Å²) in [7, 11) is 1.89. The SMILES string of the molecule is CNc1nc2ccccc2s1.N=C1CCc2ccccc21. The van der Waals surface area contributed by atoms with Crippen molar-refractivity contribution in [3.8, 4) is 0 Å². The van der Waals surface area contributed by atoms with E-state index in [-0.39, 0.29) is 0 Å². The number of nitrogens with one attached hydrogen (secondary N) is 2. The molecule has 1 heterocycles. The topological polar surface area (TPSA) is 48.8 Å². The van der Waals surface area contributed by atoms with Gasteiger partial charge in [0.15, 0.2) is 5.13 Å². The number of aryl methyl sites for hydroxylation is 1. The van der Waals surface area contributed by atoms with Crippen molar-refractivity contribution in [3.05, 3.63) is 59.7 Å². The molecular formula is C17H17N3S. The highest BCUT2D eigenvalue weighted by molar-refractivity contribution is 7.22. The summed E-state index contributed by atoms with van der Waals surface area (Å²) >= 11 is 1.68. The van der Waals surface area contributed by atoms with Crippen LogP contribution in [0.25, 0.3) is 10.2 Å². The number of hydrogen-bond acceptors (Lipinski definition) is 4. The molecule has 21 heavy (non-hydrogen) atoms. The lowest BCUT2D eigenvalue weighted by Crippen LogP contribution is -1.89. The van der Waals surface area contributed by atoms with Crippen LogP contribution in [0.5, 0.6) is 0 Å². The average molecular weight is 295 g/mol. The third-order valence-corrected chi connectivity index (χ3v) is 4.55. The first-order valence-electron chi connectivity index (χ1n) is 6.97. The number of aromatic nitrogens is 1. The number of nitrogens with zero attached hydrogens (tertiary/aromatic N) is 1. The van der Waals surface area contributed by atoms with Crippen LogP contribution < -0.4 is 5.32 Å². The first-order valence-corrected chi connectivity index (χ1v) is 7.78. The van der Waals surface area contributed by atoms with Gasteiger partial charge in [-0.3, -0.25) is 0 Å². The molecule has 4 heteroatoms. The lowest BCUT2D eigenvalue weighted by molar-refractivity contribution is 1.09. The van der Waals surface area contributed by atoms with Gasteiger partial charge in [-0.2, -0.15) is 0 Å². The summed E-state index contributed by atoms with van der Waals surface area (Å²) in [6, 6.07) is 16.3. The quantitative estimate of drug-likeness (QED) is 0.701. The van der Waals surface area contributed by atoms with Gasteiger partial charge in [0.1, 0.15) is 0 Å². The summed E-state index contributed by atoms with van der Waals surface area (Å²) in [5.41, 5.74) is 4.37. The van der Waals surface area contributed by atoms with Crippen molar-refractivity contribution in [2.45, 2.75) is 12.8 Å². The Hall–Kier alpha value is -2.20. The molecule has 0 bridgehead atoms. The van der Waals surface area contributed by atoms with Gasteiger partial charge < -0.3 is 10.7 Å². The largest absolute Gasteiger partial charge is 0.365 e. The van der Waals surface area contributed by atoms with Crippen molar-refractivity contribution in [3.63, 3.8) is 0 Å². The van der Waals surface area contributed by atoms with Gasteiger partial charge in [0.2, 0.25) is 0 Å². The molecule has 0 amide bonds. The Labute approximate surface area is 128 Å². The molecule has 0 unspecified atom stereocenters. The third-order valence-electron chi connectivity index (χ3n) is 3.49. The number of thiazole rings is 1. The molecule has 3 nitrogen and oxygen atoms in total. The van der Waals surface area contributed by atoms with Crippen molar-refractivity contribution in [2.24, 2.45) is 0 Å². The Kier molecular flexibility index (Phi) is 3.97. The molecule has 0 atom stereocenters. The average Bonchev–Trinajstić information content (AvgIpc) is 3.12. The fourth-order valence-corrected chi connectivity index (χ4v) is 3.23. The Balaban J connectivity index is 0.000000126. The molecule has 2 N–H and O–H groups in total. The van der Waals surface area contributed by atoms with Crippen LogP contribution in [0, 0.1) is 5.41 Å². The smallest absolute Gasteiger partial charge is 0.183 e. The number of anilines is 1. The molecule has 1 aliphatic carbocycles. The van der Waals surface area contributed by atoms with Crippen molar-refractivity contribution >= 4 is 32.4 Å². The van der Waals surface area contributed by atoms with Crippen LogP contribution in [0.3, 0.4) is 0 Å². The number of para-hydroxylation sites is 1. The van der Waals surface area contributed by atoms with Crippen LogP contribution in [-0.4, -0.2) is 17.7 Å². The van der Waals surface area contributed by atoms with Gasteiger partial charge in [-0.05, 0) is 36.1 Å². The highest BCUT2D eigenvalue weighted by atomic mass is 32.1. The van der Waals surface area contributed by atoms with E-state index in [2.05, 4.69) is 22.4 Å². The second kappa shape index (κ2) is 6.06. The molecule has 0 radical (unpaired) electrons. The number of benzene rings is 2. The number of rotatable bonds is 1. The standard InChI is InChI=1S/C9H9N.C8H8N2S/c10-9-6-5-7-3-1-2-4-8(7)9;1-9-8-10-6-4-2-3-5-7(6)11-8/h1-4,10H,5-6H2;2-5H,1H3,(H,9,10). The van der Waals surface area contributed by atoms with E-state index in [9.17, 15) is 0 Å². The van der Waals surface area contributed by atoms with Gasteiger partial charge >= 0.3 is 0 Å². The Morgan fingerprint density at radius 3 is 2.57 bits per heavy atom. The van der Waals surface area contributed by atoms with E-state index >= 15 is 0 Å². The van der Waals surface area contributed by atoms with E-state index in [0.717, 1.165) is 34.8 Å². The Bertz CT molecular complexity index is 743. The zero-order valence-corrected chi connectivity index (χ0v) is 12.7. The molecule has 2 aromatic carbocycles. The molecule has 0 fully saturated rings. The van der Waals surface area contributed by atoms with Gasteiger partial charge in [0.05, 0.1) is 10.2 Å². The van der Waals surface area contributed by atoms with E-state index in [1.54, 1.807) is 11.3 Å². The van der Waals surface area contributed by atoms with Crippen LogP contribution >= 0.6 is 11.3 Å². The van der Waals surface area contributed by atoms with Crippen LogP contribution in [0.4, 0.5) is 5.13 Å². The minimum atomic E-state index is 0.801. The van der Waals surface area contributed by atoms with Gasteiger partial charge in [-0.1, -0.05) is 47.7 Å². The monoisotopic (exact) mass is 295 g/mol. The van der Waals surface area contributed by atoms with Crippen molar-refractivity contribution < 1.29 is 0 Å². The van der Waals surface area contributed by atoms with Crippen molar-refractivity contribution in [2.75, 3.05) is 12.4 Å². The summed E-state index contributed by atoms with van der Waals surface area (Å²) in [5.74, 6) is 0. The van der Waals surface area contributed by atoms with E-state index in [0.29, 0.717) is 0 Å². The molecule has 0 aliphatic heterocycles. The molecule has 0 saturated heterocycles. The van der Waals surface area contributed by atoms with Gasteiger partial charge in [0.25, 0.3) is 0 Å². The summed E-state index contributed by atoms with van der Waals surface area (Å²) in [6.07, 6.45) is 1.99. The number of fused-ring (bicyclic) bond motifs is 2. The minimum Gasteiger partial charge on any atom is -0.365 e. The van der Waals surface area contributed by atoms with Crippen LogP contribution in [0.1, 0.15) is 17.5 Å². The molecular weight excluding hydrogens is 278 g/mol. The maximum absolute atomic E-state index is 7.53. The van der Waals surface area contributed by atoms with Gasteiger partial charge in [-0.25, -0.2) is 4.98 Å². The summed E-state index contributed by atoms with van der Waals surface area (Å²) in [5, 5.41) is 11.5. The second-order valence-corrected chi connectivity index (χ2v) is 5.90. The van der Waals surface area contributed by atoms with Crippen molar-refractivity contribution in [1.29, 1.82) is 5.41 Å². The Morgan fingerprint density at radius 2 is 1.81 bits per heavy atom. The summed E-state index contributed by atoms with van der Waals surface area (Å²) < 4.78 is 1.23. The fraction of sp³-hybridized carbons (Fsp3) is 0.176. The van der Waals surface area contributed by atoms with Gasteiger partial charge in [0, 0.05) is 12.8 Å². The zero-order valence-electron chi connectivity index (χ0n) is 11.9. The third kappa shape index (κ3) is 2.95. The highest BCUT2D eigenvalue weighted by Crippen LogP contribution is 2.24. The van der Waals surface area contributed by atoms with E-state index in [4.69, 9.17) is 5.41 Å². The summed E-state index contributed by atoms with van der Waals surface area (Å²) in [4.78, 5) is 4.34. The van der Waals surface area contributed by atoms with E-state index in [1.807, 2.05) is 43.4 Å².